The summed E-state index contributed by atoms with van der Waals surface area (Å²) in [5.74, 6) is 0. The molecule has 1 aromatic rings. The molecule has 0 aliphatic heterocycles. The van der Waals surface area contributed by atoms with Gasteiger partial charge in [0.05, 0.1) is 10.7 Å². The Balaban J connectivity index is 2.86. The van der Waals surface area contributed by atoms with Crippen molar-refractivity contribution < 1.29 is 9.90 Å². The van der Waals surface area contributed by atoms with Crippen LogP contribution < -0.4 is 5.32 Å². The zero-order chi connectivity index (χ0) is 8.27. The minimum absolute atomic E-state index is 0.273. The fraction of sp³-hybridized carbons (Fsp3) is 0. The lowest BCUT2D eigenvalue weighted by Gasteiger charge is -2.00. The summed E-state index contributed by atoms with van der Waals surface area (Å²) in [4.78, 5) is 10.1. The Morgan fingerprint density at radius 3 is 3.00 bits per heavy atom. The minimum Gasteiger partial charge on any atom is -0.465 e. The lowest BCUT2D eigenvalue weighted by atomic mass is 10.3. The molecule has 0 saturated carbocycles. The highest BCUT2D eigenvalue weighted by Gasteiger charge is 2.00. The van der Waals surface area contributed by atoms with Gasteiger partial charge in [0.15, 0.2) is 0 Å². The van der Waals surface area contributed by atoms with Crippen LogP contribution in [-0.2, 0) is 0 Å². The summed E-state index contributed by atoms with van der Waals surface area (Å²) in [6, 6.07) is 7.46. The molecule has 1 amide bonds. The topological polar surface area (TPSA) is 49.3 Å². The van der Waals surface area contributed by atoms with Gasteiger partial charge in [0, 0.05) is 6.07 Å². The van der Waals surface area contributed by atoms with Crippen LogP contribution in [-0.4, -0.2) is 11.2 Å². The zero-order valence-electron chi connectivity index (χ0n) is 5.47. The zero-order valence-corrected chi connectivity index (χ0v) is 6.22. The van der Waals surface area contributed by atoms with E-state index in [1.807, 2.05) is 0 Å². The van der Waals surface area contributed by atoms with Gasteiger partial charge in [-0.3, -0.25) is 5.32 Å². The first-order valence-corrected chi connectivity index (χ1v) is 3.24. The van der Waals surface area contributed by atoms with E-state index in [2.05, 4.69) is 11.4 Å². The van der Waals surface area contributed by atoms with Gasteiger partial charge in [0.25, 0.3) is 0 Å². The predicted molar refractivity (Wildman–Crippen MR) is 41.9 cm³/mol. The normalized spacial score (nSPS) is 9.18. The van der Waals surface area contributed by atoms with Gasteiger partial charge in [0.1, 0.15) is 0 Å². The molecule has 2 N–H and O–H groups in total. The van der Waals surface area contributed by atoms with Gasteiger partial charge in [0.2, 0.25) is 0 Å². The molecule has 57 valence electrons. The van der Waals surface area contributed by atoms with Crippen molar-refractivity contribution in [2.24, 2.45) is 0 Å². The number of halogens is 1. The molecule has 1 aromatic carbocycles. The molecule has 4 heteroatoms. The average molecular weight is 171 g/mol. The van der Waals surface area contributed by atoms with Crippen molar-refractivity contribution >= 4 is 23.4 Å². The lowest BCUT2D eigenvalue weighted by Crippen LogP contribution is -2.07. The number of benzene rings is 1. The molecule has 0 bridgehead atoms. The Hall–Kier alpha value is -1.22. The average Bonchev–Trinajstić information content (AvgIpc) is 1.93. The Morgan fingerprint density at radius 2 is 2.45 bits per heavy atom. The summed E-state index contributed by atoms with van der Waals surface area (Å²) in [6.07, 6.45) is -1.13. The summed E-state index contributed by atoms with van der Waals surface area (Å²) in [5.41, 5.74) is 0.349. The number of hydrogen-bond donors (Lipinski definition) is 2. The van der Waals surface area contributed by atoms with E-state index in [1.165, 1.54) is 0 Å². The first-order valence-electron chi connectivity index (χ1n) is 2.86. The third kappa shape index (κ3) is 2.13. The van der Waals surface area contributed by atoms with Crippen molar-refractivity contribution in [3.8, 4) is 0 Å². The first kappa shape index (κ1) is 7.88. The third-order valence-corrected chi connectivity index (χ3v) is 1.36. The van der Waals surface area contributed by atoms with E-state index >= 15 is 0 Å². The maximum absolute atomic E-state index is 10.1. The van der Waals surface area contributed by atoms with Crippen molar-refractivity contribution in [1.29, 1.82) is 0 Å². The number of nitrogens with one attached hydrogen (secondary N) is 1. The van der Waals surface area contributed by atoms with Crippen molar-refractivity contribution in [3.05, 3.63) is 29.3 Å². The SMILES string of the molecule is O=C(O)Nc1ccc[c]c1Cl. The fourth-order valence-corrected chi connectivity index (χ4v) is 0.802. The van der Waals surface area contributed by atoms with Gasteiger partial charge in [-0.15, -0.1) is 0 Å². The Bertz CT molecular complexity index is 275. The third-order valence-electron chi connectivity index (χ3n) is 1.05. The largest absolute Gasteiger partial charge is 0.465 e. The van der Waals surface area contributed by atoms with Gasteiger partial charge < -0.3 is 5.11 Å². The summed E-state index contributed by atoms with van der Waals surface area (Å²) in [5, 5.41) is 10.7. The molecular weight excluding hydrogens is 166 g/mol. The molecule has 0 unspecified atom stereocenters. The van der Waals surface area contributed by atoms with Crippen LogP contribution in [0, 0.1) is 6.07 Å². The molecule has 0 atom stereocenters. The van der Waals surface area contributed by atoms with Crippen LogP contribution >= 0.6 is 11.6 Å². The van der Waals surface area contributed by atoms with Gasteiger partial charge in [-0.1, -0.05) is 23.7 Å². The van der Waals surface area contributed by atoms with E-state index in [9.17, 15) is 4.79 Å². The minimum atomic E-state index is -1.13. The maximum atomic E-state index is 10.1. The van der Waals surface area contributed by atoms with Crippen molar-refractivity contribution in [2.75, 3.05) is 5.32 Å². The second kappa shape index (κ2) is 3.25. The summed E-state index contributed by atoms with van der Waals surface area (Å²) in [6.45, 7) is 0. The predicted octanol–water partition coefficient (Wildman–Crippen LogP) is 2.23. The lowest BCUT2D eigenvalue weighted by molar-refractivity contribution is 0.210. The van der Waals surface area contributed by atoms with Gasteiger partial charge >= 0.3 is 6.09 Å². The molecule has 0 aliphatic rings. The van der Waals surface area contributed by atoms with Crippen molar-refractivity contribution in [3.63, 3.8) is 0 Å². The number of amides is 1. The van der Waals surface area contributed by atoms with Crippen LogP contribution in [0.4, 0.5) is 10.5 Å². The van der Waals surface area contributed by atoms with E-state index in [0.29, 0.717) is 5.69 Å². The van der Waals surface area contributed by atoms with E-state index in [1.54, 1.807) is 18.2 Å². The van der Waals surface area contributed by atoms with E-state index in [4.69, 9.17) is 16.7 Å². The quantitative estimate of drug-likeness (QED) is 0.679. The van der Waals surface area contributed by atoms with Crippen LogP contribution in [0.1, 0.15) is 0 Å². The van der Waals surface area contributed by atoms with Gasteiger partial charge in [-0.05, 0) is 6.07 Å². The summed E-state index contributed by atoms with van der Waals surface area (Å²) < 4.78 is 0. The molecule has 1 rings (SSSR count). The van der Waals surface area contributed by atoms with Gasteiger partial charge in [-0.25, -0.2) is 4.79 Å². The number of hydrogen-bond acceptors (Lipinski definition) is 1. The fourth-order valence-electron chi connectivity index (χ4n) is 0.628. The first-order chi connectivity index (χ1) is 5.20. The second-order valence-electron chi connectivity index (χ2n) is 1.83. The van der Waals surface area contributed by atoms with E-state index in [0.717, 1.165) is 0 Å². The summed E-state index contributed by atoms with van der Waals surface area (Å²) in [7, 11) is 0. The van der Waals surface area contributed by atoms with E-state index < -0.39 is 6.09 Å². The Morgan fingerprint density at radius 1 is 1.73 bits per heavy atom. The monoisotopic (exact) mass is 170 g/mol. The van der Waals surface area contributed by atoms with Crippen LogP contribution in [0.2, 0.25) is 5.02 Å². The smallest absolute Gasteiger partial charge is 0.409 e. The number of anilines is 1. The molecule has 11 heavy (non-hydrogen) atoms. The van der Waals surface area contributed by atoms with Crippen LogP contribution in [0.25, 0.3) is 0 Å². The maximum Gasteiger partial charge on any atom is 0.409 e. The Kier molecular flexibility index (Phi) is 2.33. The second-order valence-corrected chi connectivity index (χ2v) is 2.21. The summed E-state index contributed by atoms with van der Waals surface area (Å²) >= 11 is 5.59. The highest BCUT2D eigenvalue weighted by Crippen LogP contribution is 2.19. The molecule has 0 saturated heterocycles. The molecule has 0 spiro atoms. The molecule has 0 aromatic heterocycles. The van der Waals surface area contributed by atoms with Crippen LogP contribution in [0.5, 0.6) is 0 Å². The standard InChI is InChI=1S/C7H5ClNO2/c8-5-3-1-2-4-6(5)9-7(10)11/h1-2,4,9H,(H,10,11). The van der Waals surface area contributed by atoms with Crippen molar-refractivity contribution in [2.45, 2.75) is 0 Å². The number of rotatable bonds is 1. The van der Waals surface area contributed by atoms with Crippen LogP contribution in [0.3, 0.4) is 0 Å². The molecule has 3 nitrogen and oxygen atoms in total. The molecule has 0 aliphatic carbocycles. The van der Waals surface area contributed by atoms with Gasteiger partial charge in [-0.2, -0.15) is 0 Å². The molecular formula is C7H5ClNO2. The molecule has 0 fully saturated rings. The highest BCUT2D eigenvalue weighted by atomic mass is 35.5. The Labute approximate surface area is 68.6 Å². The van der Waals surface area contributed by atoms with Crippen LogP contribution in [0.15, 0.2) is 18.2 Å². The highest BCUT2D eigenvalue weighted by molar-refractivity contribution is 6.33. The number of carbonyl (C=O) groups is 1. The van der Waals surface area contributed by atoms with E-state index in [-0.39, 0.29) is 5.02 Å². The van der Waals surface area contributed by atoms with Crippen molar-refractivity contribution in [1.82, 2.24) is 0 Å². The number of carboxylic acid groups (broad SMARTS) is 1. The molecule has 0 heterocycles. The molecule has 1 radical (unpaired) electrons.